The SMILES string of the molecule is NC1CC(C(=O)Nc2cc3cc[nH]c(=O)c3cc2Cl)C1. The number of rotatable bonds is 2. The molecule has 20 heavy (non-hydrogen) atoms. The summed E-state index contributed by atoms with van der Waals surface area (Å²) in [5.74, 6) is -0.117. The van der Waals surface area contributed by atoms with Crippen LogP contribution in [-0.4, -0.2) is 16.9 Å². The van der Waals surface area contributed by atoms with Crippen molar-refractivity contribution in [3.63, 3.8) is 0 Å². The maximum Gasteiger partial charge on any atom is 0.255 e. The van der Waals surface area contributed by atoms with E-state index < -0.39 is 0 Å². The van der Waals surface area contributed by atoms with Gasteiger partial charge in [-0.05, 0) is 36.4 Å². The maximum absolute atomic E-state index is 12.0. The summed E-state index contributed by atoms with van der Waals surface area (Å²) < 4.78 is 0. The molecule has 5 nitrogen and oxygen atoms in total. The number of aromatic amines is 1. The van der Waals surface area contributed by atoms with Crippen LogP contribution in [-0.2, 0) is 4.79 Å². The van der Waals surface area contributed by atoms with Crippen LogP contribution in [0.15, 0.2) is 29.2 Å². The van der Waals surface area contributed by atoms with Gasteiger partial charge in [0.05, 0.1) is 10.7 Å². The van der Waals surface area contributed by atoms with Crippen molar-refractivity contribution in [2.75, 3.05) is 5.32 Å². The van der Waals surface area contributed by atoms with Gasteiger partial charge in [0.15, 0.2) is 0 Å². The van der Waals surface area contributed by atoms with Crippen molar-refractivity contribution in [1.29, 1.82) is 0 Å². The van der Waals surface area contributed by atoms with E-state index in [1.54, 1.807) is 24.4 Å². The molecule has 0 unspecified atom stereocenters. The third-order valence-electron chi connectivity index (χ3n) is 3.66. The maximum atomic E-state index is 12.0. The topological polar surface area (TPSA) is 88.0 Å². The minimum absolute atomic E-state index is 0.0454. The number of carbonyl (C=O) groups excluding carboxylic acids is 1. The molecule has 1 aliphatic rings. The zero-order chi connectivity index (χ0) is 14.3. The minimum atomic E-state index is -0.202. The number of nitrogens with one attached hydrogen (secondary N) is 2. The molecule has 1 heterocycles. The Kier molecular flexibility index (Phi) is 3.23. The van der Waals surface area contributed by atoms with Crippen LogP contribution in [0.4, 0.5) is 5.69 Å². The number of hydrogen-bond donors (Lipinski definition) is 3. The number of amides is 1. The summed E-state index contributed by atoms with van der Waals surface area (Å²) in [6.07, 6.45) is 2.97. The molecule has 1 fully saturated rings. The van der Waals surface area contributed by atoms with Crippen LogP contribution in [0.5, 0.6) is 0 Å². The summed E-state index contributed by atoms with van der Waals surface area (Å²) in [5, 5.41) is 4.39. The van der Waals surface area contributed by atoms with Crippen LogP contribution < -0.4 is 16.6 Å². The Morgan fingerprint density at radius 3 is 2.85 bits per heavy atom. The highest BCUT2D eigenvalue weighted by molar-refractivity contribution is 6.34. The van der Waals surface area contributed by atoms with Gasteiger partial charge in [-0.1, -0.05) is 11.6 Å². The highest BCUT2D eigenvalue weighted by Crippen LogP contribution is 2.30. The molecule has 0 atom stereocenters. The molecular formula is C14H14ClN3O2. The molecular weight excluding hydrogens is 278 g/mol. The van der Waals surface area contributed by atoms with Gasteiger partial charge in [0.1, 0.15) is 0 Å². The van der Waals surface area contributed by atoms with Crippen molar-refractivity contribution < 1.29 is 4.79 Å². The first-order valence-corrected chi connectivity index (χ1v) is 6.80. The second-order valence-electron chi connectivity index (χ2n) is 5.14. The van der Waals surface area contributed by atoms with Crippen LogP contribution in [0.1, 0.15) is 12.8 Å². The van der Waals surface area contributed by atoms with Crippen molar-refractivity contribution in [2.45, 2.75) is 18.9 Å². The summed E-state index contributed by atoms with van der Waals surface area (Å²) in [5.41, 5.74) is 6.00. The lowest BCUT2D eigenvalue weighted by atomic mass is 9.80. The van der Waals surface area contributed by atoms with E-state index in [1.165, 1.54) is 0 Å². The molecule has 104 valence electrons. The van der Waals surface area contributed by atoms with Crippen molar-refractivity contribution in [3.05, 3.63) is 39.8 Å². The molecule has 0 bridgehead atoms. The largest absolute Gasteiger partial charge is 0.329 e. The number of H-pyrrole nitrogens is 1. The number of carbonyl (C=O) groups is 1. The van der Waals surface area contributed by atoms with E-state index in [-0.39, 0.29) is 23.4 Å². The van der Waals surface area contributed by atoms with Gasteiger partial charge < -0.3 is 16.0 Å². The van der Waals surface area contributed by atoms with E-state index >= 15 is 0 Å². The van der Waals surface area contributed by atoms with Crippen LogP contribution in [0, 0.1) is 5.92 Å². The van der Waals surface area contributed by atoms with Crippen LogP contribution in [0.2, 0.25) is 5.02 Å². The Balaban J connectivity index is 1.90. The summed E-state index contributed by atoms with van der Waals surface area (Å²) in [4.78, 5) is 26.2. The summed E-state index contributed by atoms with van der Waals surface area (Å²) in [7, 11) is 0. The monoisotopic (exact) mass is 291 g/mol. The average molecular weight is 292 g/mol. The Morgan fingerprint density at radius 2 is 2.15 bits per heavy atom. The number of pyridine rings is 1. The first kappa shape index (κ1) is 13.1. The molecule has 0 saturated heterocycles. The Labute approximate surface area is 120 Å². The smallest absolute Gasteiger partial charge is 0.255 e. The molecule has 3 rings (SSSR count). The summed E-state index contributed by atoms with van der Waals surface area (Å²) >= 11 is 6.12. The third-order valence-corrected chi connectivity index (χ3v) is 3.98. The fourth-order valence-electron chi connectivity index (χ4n) is 2.42. The van der Waals surface area contributed by atoms with E-state index in [9.17, 15) is 9.59 Å². The van der Waals surface area contributed by atoms with Crippen molar-refractivity contribution in [3.8, 4) is 0 Å². The molecule has 2 aromatic rings. The second kappa shape index (κ2) is 4.92. The van der Waals surface area contributed by atoms with Gasteiger partial charge in [-0.15, -0.1) is 0 Å². The third kappa shape index (κ3) is 2.30. The van der Waals surface area contributed by atoms with Gasteiger partial charge in [-0.25, -0.2) is 0 Å². The number of fused-ring (bicyclic) bond motifs is 1. The first-order valence-electron chi connectivity index (χ1n) is 6.42. The van der Waals surface area contributed by atoms with Crippen molar-refractivity contribution >= 4 is 34.0 Å². The number of benzene rings is 1. The standard InChI is InChI=1S/C14H14ClN3O2/c15-11-6-10-7(1-2-17-14(10)20)5-12(11)18-13(19)8-3-9(16)4-8/h1-2,5-6,8-9H,3-4,16H2,(H,17,20)(H,18,19). The van der Waals surface area contributed by atoms with Gasteiger partial charge in [-0.2, -0.15) is 0 Å². The first-order chi connectivity index (χ1) is 9.54. The fraction of sp³-hybridized carbons (Fsp3) is 0.286. The summed E-state index contributed by atoms with van der Waals surface area (Å²) in [6.45, 7) is 0. The molecule has 0 aliphatic heterocycles. The summed E-state index contributed by atoms with van der Waals surface area (Å²) in [6, 6.07) is 5.17. The number of hydrogen-bond acceptors (Lipinski definition) is 3. The van der Waals surface area contributed by atoms with Crippen LogP contribution >= 0.6 is 11.6 Å². The molecule has 1 saturated carbocycles. The minimum Gasteiger partial charge on any atom is -0.329 e. The number of halogens is 1. The number of nitrogens with two attached hydrogens (primary N) is 1. The van der Waals surface area contributed by atoms with Crippen molar-refractivity contribution in [1.82, 2.24) is 4.98 Å². The molecule has 0 spiro atoms. The van der Waals surface area contributed by atoms with Gasteiger partial charge in [-0.3, -0.25) is 9.59 Å². The molecule has 4 N–H and O–H groups in total. The normalized spacial score (nSPS) is 21.5. The number of anilines is 1. The lowest BCUT2D eigenvalue weighted by Crippen LogP contribution is -2.42. The van der Waals surface area contributed by atoms with Gasteiger partial charge in [0, 0.05) is 23.5 Å². The zero-order valence-corrected chi connectivity index (χ0v) is 11.4. The number of aromatic nitrogens is 1. The lowest BCUT2D eigenvalue weighted by molar-refractivity contribution is -0.122. The average Bonchev–Trinajstić information content (AvgIpc) is 2.37. The van der Waals surface area contributed by atoms with Crippen LogP contribution in [0.3, 0.4) is 0 Å². The Morgan fingerprint density at radius 1 is 1.40 bits per heavy atom. The predicted molar refractivity (Wildman–Crippen MR) is 78.9 cm³/mol. The molecule has 1 amide bonds. The predicted octanol–water partition coefficient (Wildman–Crippen LogP) is 1.86. The second-order valence-corrected chi connectivity index (χ2v) is 5.55. The van der Waals surface area contributed by atoms with E-state index in [2.05, 4.69) is 10.3 Å². The molecule has 1 aromatic carbocycles. The quantitative estimate of drug-likeness (QED) is 0.789. The Hall–Kier alpha value is -1.85. The molecule has 0 radical (unpaired) electrons. The van der Waals surface area contributed by atoms with Crippen molar-refractivity contribution in [2.24, 2.45) is 11.7 Å². The van der Waals surface area contributed by atoms with E-state index in [0.717, 1.165) is 5.39 Å². The fourth-order valence-corrected chi connectivity index (χ4v) is 2.63. The van der Waals surface area contributed by atoms with Gasteiger partial charge in [0.2, 0.25) is 5.91 Å². The van der Waals surface area contributed by atoms with Gasteiger partial charge in [0.25, 0.3) is 5.56 Å². The zero-order valence-electron chi connectivity index (χ0n) is 10.7. The van der Waals surface area contributed by atoms with E-state index in [0.29, 0.717) is 28.9 Å². The molecule has 1 aliphatic carbocycles. The highest BCUT2D eigenvalue weighted by Gasteiger charge is 2.32. The molecule has 1 aromatic heterocycles. The Bertz CT molecular complexity index is 735. The lowest BCUT2D eigenvalue weighted by Gasteiger charge is -2.31. The highest BCUT2D eigenvalue weighted by atomic mass is 35.5. The van der Waals surface area contributed by atoms with Crippen LogP contribution in [0.25, 0.3) is 10.8 Å². The van der Waals surface area contributed by atoms with E-state index in [1.807, 2.05) is 0 Å². The molecule has 6 heteroatoms. The van der Waals surface area contributed by atoms with Gasteiger partial charge >= 0.3 is 0 Å². The van der Waals surface area contributed by atoms with E-state index in [4.69, 9.17) is 17.3 Å².